The van der Waals surface area contributed by atoms with Gasteiger partial charge in [0.25, 0.3) is 11.8 Å². The van der Waals surface area contributed by atoms with Crippen LogP contribution in [0.2, 0.25) is 0 Å². The van der Waals surface area contributed by atoms with Gasteiger partial charge in [0.1, 0.15) is 0 Å². The zero-order chi connectivity index (χ0) is 11.0. The number of hydrogen-bond donors (Lipinski definition) is 1. The van der Waals surface area contributed by atoms with E-state index in [1.54, 1.807) is 11.0 Å². The van der Waals surface area contributed by atoms with Crippen LogP contribution in [0.5, 0.6) is 0 Å². The van der Waals surface area contributed by atoms with E-state index >= 15 is 0 Å². The van der Waals surface area contributed by atoms with Crippen molar-refractivity contribution in [1.29, 1.82) is 5.41 Å². The molecule has 5 nitrogen and oxygen atoms in total. The summed E-state index contributed by atoms with van der Waals surface area (Å²) < 4.78 is 4.74. The molecule has 0 saturated carbocycles. The molecule has 3 rings (SSSR count). The molecule has 16 heavy (non-hydrogen) atoms. The molecule has 2 heterocycles. The topological polar surface area (TPSA) is 58.2 Å². The number of aromatic nitrogens is 2. The standard InChI is InChI=1S/C11H12N4O/c12-11-8-15(13-16-11)14-6-5-9-3-1-2-4-10(9)7-14/h1-4,8,12H,5-7H2. The third kappa shape index (κ3) is 1.50. The first-order valence-electron chi connectivity index (χ1n) is 5.25. The van der Waals surface area contributed by atoms with Crippen LogP contribution in [0.4, 0.5) is 0 Å². The van der Waals surface area contributed by atoms with Crippen LogP contribution >= 0.6 is 0 Å². The number of hydrogen-bond acceptors (Lipinski definition) is 3. The van der Waals surface area contributed by atoms with Gasteiger partial charge in [0.05, 0.1) is 0 Å². The maximum atomic E-state index is 7.30. The van der Waals surface area contributed by atoms with Gasteiger partial charge in [-0.15, -0.1) is 0 Å². The van der Waals surface area contributed by atoms with Crippen LogP contribution in [0.3, 0.4) is 0 Å². The number of benzene rings is 1. The average Bonchev–Trinajstić information content (AvgIpc) is 2.75. The highest BCUT2D eigenvalue weighted by Gasteiger charge is 2.16. The summed E-state index contributed by atoms with van der Waals surface area (Å²) in [4.78, 5) is 1.61. The summed E-state index contributed by atoms with van der Waals surface area (Å²) in [7, 11) is 0. The van der Waals surface area contributed by atoms with Gasteiger partial charge in [0.2, 0.25) is 0 Å². The smallest absolute Gasteiger partial charge is 0.286 e. The molecule has 82 valence electrons. The molecule has 0 fully saturated rings. The lowest BCUT2D eigenvalue weighted by Crippen LogP contribution is -2.61. The quantitative estimate of drug-likeness (QED) is 0.666. The second kappa shape index (κ2) is 3.52. The van der Waals surface area contributed by atoms with Crippen molar-refractivity contribution in [2.45, 2.75) is 13.0 Å². The Morgan fingerprint density at radius 1 is 1.31 bits per heavy atom. The molecule has 1 aromatic carbocycles. The van der Waals surface area contributed by atoms with Crippen LogP contribution in [0.25, 0.3) is 0 Å². The first kappa shape index (κ1) is 9.21. The minimum atomic E-state index is 0.0823. The van der Waals surface area contributed by atoms with Crippen molar-refractivity contribution in [3.8, 4) is 0 Å². The molecule has 1 aromatic heterocycles. The molecule has 1 N–H and O–H groups in total. The lowest BCUT2D eigenvalue weighted by molar-refractivity contribution is -0.765. The molecular formula is C11H12N4O. The van der Waals surface area contributed by atoms with E-state index in [1.807, 2.05) is 6.07 Å². The van der Waals surface area contributed by atoms with Crippen LogP contribution in [0.1, 0.15) is 11.1 Å². The third-order valence-electron chi connectivity index (χ3n) is 2.86. The van der Waals surface area contributed by atoms with Crippen LogP contribution in [0.15, 0.2) is 35.0 Å². The summed E-state index contributed by atoms with van der Waals surface area (Å²) in [6.07, 6.45) is 2.58. The molecular weight excluding hydrogens is 204 g/mol. The van der Waals surface area contributed by atoms with Crippen LogP contribution in [-0.4, -0.2) is 6.54 Å². The summed E-state index contributed by atoms with van der Waals surface area (Å²) in [5.74, 6) is 0. The largest absolute Gasteiger partial charge is 0.380 e. The first-order chi connectivity index (χ1) is 7.83. The highest BCUT2D eigenvalue weighted by molar-refractivity contribution is 5.30. The van der Waals surface area contributed by atoms with E-state index in [4.69, 9.17) is 9.93 Å². The van der Waals surface area contributed by atoms with Gasteiger partial charge in [0.15, 0.2) is 0 Å². The van der Waals surface area contributed by atoms with E-state index in [-0.39, 0.29) is 5.55 Å². The zero-order valence-electron chi connectivity index (χ0n) is 8.76. The number of nitrogens with zero attached hydrogens (tertiary/aromatic N) is 3. The molecule has 0 bridgehead atoms. The molecule has 0 amide bonds. The van der Waals surface area contributed by atoms with Crippen LogP contribution < -0.4 is 20.6 Å². The van der Waals surface area contributed by atoms with Crippen molar-refractivity contribution in [2.75, 3.05) is 11.6 Å². The lowest BCUT2D eigenvalue weighted by atomic mass is 10.0. The van der Waals surface area contributed by atoms with Gasteiger partial charge in [-0.05, 0) is 22.8 Å². The van der Waals surface area contributed by atoms with Gasteiger partial charge in [-0.25, -0.2) is 0 Å². The highest BCUT2D eigenvalue weighted by Crippen LogP contribution is 2.15. The molecule has 1 aliphatic heterocycles. The minimum absolute atomic E-state index is 0.0823. The van der Waals surface area contributed by atoms with Gasteiger partial charge in [-0.1, -0.05) is 29.1 Å². The SMILES string of the molecule is N=c1c[n+](N2CCc3ccccc3C2)[n-]o1. The van der Waals surface area contributed by atoms with E-state index < -0.39 is 0 Å². The minimum Gasteiger partial charge on any atom is -0.380 e. The Morgan fingerprint density at radius 2 is 2.12 bits per heavy atom. The van der Waals surface area contributed by atoms with Crippen molar-refractivity contribution in [3.05, 3.63) is 47.1 Å². The first-order valence-corrected chi connectivity index (χ1v) is 5.25. The van der Waals surface area contributed by atoms with Gasteiger partial charge >= 0.3 is 0 Å². The van der Waals surface area contributed by atoms with Gasteiger partial charge < -0.3 is 4.52 Å². The van der Waals surface area contributed by atoms with E-state index in [9.17, 15) is 0 Å². The van der Waals surface area contributed by atoms with Crippen molar-refractivity contribution < 1.29 is 9.31 Å². The Kier molecular flexibility index (Phi) is 2.02. The summed E-state index contributed by atoms with van der Waals surface area (Å²) in [5.41, 5.74) is 2.79. The maximum Gasteiger partial charge on any atom is 0.286 e. The normalized spacial score (nSPS) is 14.9. The predicted molar refractivity (Wildman–Crippen MR) is 55.0 cm³/mol. The van der Waals surface area contributed by atoms with E-state index in [0.29, 0.717) is 0 Å². The Labute approximate surface area is 92.4 Å². The Bertz CT molecular complexity index is 557. The predicted octanol–water partition coefficient (Wildman–Crippen LogP) is -0.302. The van der Waals surface area contributed by atoms with Crippen LogP contribution in [-0.2, 0) is 13.0 Å². The summed E-state index contributed by atoms with van der Waals surface area (Å²) in [6, 6.07) is 8.41. The van der Waals surface area contributed by atoms with Gasteiger partial charge in [-0.3, -0.25) is 10.4 Å². The Morgan fingerprint density at radius 3 is 2.88 bits per heavy atom. The van der Waals surface area contributed by atoms with Crippen molar-refractivity contribution >= 4 is 0 Å². The van der Waals surface area contributed by atoms with E-state index in [1.165, 1.54) is 11.1 Å². The average molecular weight is 216 g/mol. The number of rotatable bonds is 1. The molecule has 0 spiro atoms. The third-order valence-corrected chi connectivity index (χ3v) is 2.86. The highest BCUT2D eigenvalue weighted by atomic mass is 16.5. The second-order valence-corrected chi connectivity index (χ2v) is 3.89. The molecule has 2 aromatic rings. The Hall–Kier alpha value is -2.04. The second-order valence-electron chi connectivity index (χ2n) is 3.89. The van der Waals surface area contributed by atoms with E-state index in [0.717, 1.165) is 19.5 Å². The summed E-state index contributed by atoms with van der Waals surface area (Å²) in [5, 5.41) is 13.2. The molecule has 5 heteroatoms. The zero-order valence-corrected chi connectivity index (χ0v) is 8.76. The molecule has 0 atom stereocenters. The lowest BCUT2D eigenvalue weighted by Gasteiger charge is -2.28. The van der Waals surface area contributed by atoms with Gasteiger partial charge in [0, 0.05) is 13.1 Å². The fourth-order valence-corrected chi connectivity index (χ4v) is 2.03. The molecule has 1 aliphatic rings. The molecule has 0 aliphatic carbocycles. The number of fused-ring (bicyclic) bond motifs is 1. The fraction of sp³-hybridized carbons (Fsp3) is 0.273. The Balaban J connectivity index is 1.90. The summed E-state index contributed by atoms with van der Waals surface area (Å²) >= 11 is 0. The molecule has 0 unspecified atom stereocenters. The molecule has 0 radical (unpaired) electrons. The van der Waals surface area contributed by atoms with Crippen molar-refractivity contribution in [1.82, 2.24) is 5.27 Å². The van der Waals surface area contributed by atoms with Crippen molar-refractivity contribution in [2.24, 2.45) is 0 Å². The maximum absolute atomic E-state index is 7.30. The number of nitrogens with one attached hydrogen (secondary N) is 1. The summed E-state index contributed by atoms with van der Waals surface area (Å²) in [6.45, 7) is 1.71. The van der Waals surface area contributed by atoms with E-state index in [2.05, 4.69) is 28.5 Å². The molecule has 0 saturated heterocycles. The van der Waals surface area contributed by atoms with Crippen molar-refractivity contribution in [3.63, 3.8) is 0 Å². The van der Waals surface area contributed by atoms with Crippen LogP contribution in [0, 0.1) is 5.41 Å². The van der Waals surface area contributed by atoms with Gasteiger partial charge in [-0.2, -0.15) is 0 Å². The fourth-order valence-electron chi connectivity index (χ4n) is 2.03. The monoisotopic (exact) mass is 216 g/mol.